The zero-order valence-electron chi connectivity index (χ0n) is 17.7. The quantitative estimate of drug-likeness (QED) is 0.316. The minimum absolute atomic E-state index is 0.184. The van der Waals surface area contributed by atoms with Gasteiger partial charge in [-0.1, -0.05) is 103 Å². The molecule has 4 nitrogen and oxygen atoms in total. The highest BCUT2D eigenvalue weighted by Gasteiger charge is 2.17. The number of hydrogen-bond acceptors (Lipinski definition) is 4. The molecule has 0 aromatic heterocycles. The first-order valence-electron chi connectivity index (χ1n) is 10.5. The van der Waals surface area contributed by atoms with E-state index in [4.69, 9.17) is 14.2 Å². The molecular formula is C27H30O4. The van der Waals surface area contributed by atoms with Crippen molar-refractivity contribution in [3.05, 3.63) is 120 Å². The molecule has 4 heteroatoms. The maximum Gasteiger partial charge on any atom is 0.107 e. The van der Waals surface area contributed by atoms with E-state index in [0.29, 0.717) is 26.4 Å². The van der Waals surface area contributed by atoms with Crippen LogP contribution in [0.25, 0.3) is 0 Å². The Kier molecular flexibility index (Phi) is 10.00. The van der Waals surface area contributed by atoms with Crippen molar-refractivity contribution in [2.45, 2.75) is 32.0 Å². The van der Waals surface area contributed by atoms with Crippen molar-refractivity contribution in [1.29, 1.82) is 0 Å². The SMILES string of the molecule is O[C@H](COCc1ccccc1)[C@H](/C=C/COCc1ccccc1)OCc1ccccc1. The summed E-state index contributed by atoms with van der Waals surface area (Å²) in [6.07, 6.45) is 2.47. The molecule has 0 radical (unpaired) electrons. The fourth-order valence-corrected chi connectivity index (χ4v) is 3.04. The normalized spacial score (nSPS) is 13.3. The van der Waals surface area contributed by atoms with Gasteiger partial charge < -0.3 is 19.3 Å². The average Bonchev–Trinajstić information content (AvgIpc) is 2.82. The molecule has 0 heterocycles. The molecule has 0 aliphatic carbocycles. The molecule has 3 aromatic carbocycles. The maximum absolute atomic E-state index is 10.7. The van der Waals surface area contributed by atoms with E-state index in [1.54, 1.807) is 0 Å². The van der Waals surface area contributed by atoms with Gasteiger partial charge >= 0.3 is 0 Å². The van der Waals surface area contributed by atoms with Gasteiger partial charge in [0.2, 0.25) is 0 Å². The average molecular weight is 419 g/mol. The summed E-state index contributed by atoms with van der Waals surface area (Å²) in [5, 5.41) is 10.7. The molecule has 3 rings (SSSR count). The highest BCUT2D eigenvalue weighted by molar-refractivity contribution is 5.15. The van der Waals surface area contributed by atoms with Gasteiger partial charge in [0.25, 0.3) is 0 Å². The van der Waals surface area contributed by atoms with Crippen LogP contribution >= 0.6 is 0 Å². The molecule has 0 bridgehead atoms. The zero-order chi connectivity index (χ0) is 21.6. The second kappa shape index (κ2) is 13.5. The lowest BCUT2D eigenvalue weighted by molar-refractivity contribution is -0.0604. The van der Waals surface area contributed by atoms with Crippen molar-refractivity contribution in [3.63, 3.8) is 0 Å². The molecule has 3 aromatic rings. The van der Waals surface area contributed by atoms with E-state index < -0.39 is 12.2 Å². The van der Waals surface area contributed by atoms with Crippen LogP contribution in [0.1, 0.15) is 16.7 Å². The van der Waals surface area contributed by atoms with Crippen LogP contribution in [-0.4, -0.2) is 30.5 Å². The summed E-state index contributed by atoms with van der Waals surface area (Å²) >= 11 is 0. The summed E-state index contributed by atoms with van der Waals surface area (Å²) < 4.78 is 17.4. The maximum atomic E-state index is 10.7. The van der Waals surface area contributed by atoms with Crippen LogP contribution in [0.5, 0.6) is 0 Å². The molecule has 0 aliphatic rings. The van der Waals surface area contributed by atoms with Gasteiger partial charge in [-0.2, -0.15) is 0 Å². The van der Waals surface area contributed by atoms with Crippen LogP contribution < -0.4 is 0 Å². The van der Waals surface area contributed by atoms with Gasteiger partial charge in [-0.3, -0.25) is 0 Å². The van der Waals surface area contributed by atoms with Crippen LogP contribution in [0.4, 0.5) is 0 Å². The van der Waals surface area contributed by atoms with Crippen molar-refractivity contribution < 1.29 is 19.3 Å². The second-order valence-corrected chi connectivity index (χ2v) is 7.26. The van der Waals surface area contributed by atoms with Gasteiger partial charge in [-0.25, -0.2) is 0 Å². The third-order valence-electron chi connectivity index (χ3n) is 4.72. The highest BCUT2D eigenvalue weighted by atomic mass is 16.5. The van der Waals surface area contributed by atoms with E-state index in [0.717, 1.165) is 16.7 Å². The number of hydrogen-bond donors (Lipinski definition) is 1. The first-order valence-corrected chi connectivity index (χ1v) is 10.5. The Morgan fingerprint density at radius 1 is 0.645 bits per heavy atom. The molecule has 162 valence electrons. The van der Waals surface area contributed by atoms with E-state index >= 15 is 0 Å². The number of aliphatic hydroxyl groups is 1. The van der Waals surface area contributed by atoms with E-state index in [2.05, 4.69) is 0 Å². The van der Waals surface area contributed by atoms with Crippen molar-refractivity contribution in [2.24, 2.45) is 0 Å². The molecular weight excluding hydrogens is 388 g/mol. The third kappa shape index (κ3) is 8.87. The van der Waals surface area contributed by atoms with Gasteiger partial charge in [0.1, 0.15) is 12.2 Å². The molecule has 0 amide bonds. The van der Waals surface area contributed by atoms with Gasteiger partial charge in [-0.15, -0.1) is 0 Å². The van der Waals surface area contributed by atoms with Crippen LogP contribution in [-0.2, 0) is 34.0 Å². The van der Waals surface area contributed by atoms with Crippen molar-refractivity contribution in [1.82, 2.24) is 0 Å². The standard InChI is InChI=1S/C27H30O4/c28-26(22-30-20-24-13-6-2-7-14-24)27(31-21-25-15-8-3-9-16-25)17-10-18-29-19-23-11-4-1-5-12-23/h1-17,26-28H,18-22H2/b17-10+/t26-,27+/m1/s1. The number of rotatable bonds is 13. The first-order chi connectivity index (χ1) is 15.3. The zero-order valence-corrected chi connectivity index (χ0v) is 17.7. The Balaban J connectivity index is 1.48. The summed E-state index contributed by atoms with van der Waals surface area (Å²) in [5.74, 6) is 0. The van der Waals surface area contributed by atoms with Crippen LogP contribution in [0.3, 0.4) is 0 Å². The van der Waals surface area contributed by atoms with Crippen molar-refractivity contribution in [2.75, 3.05) is 13.2 Å². The number of ether oxygens (including phenoxy) is 3. The minimum Gasteiger partial charge on any atom is -0.388 e. The molecule has 1 N–H and O–H groups in total. The van der Waals surface area contributed by atoms with E-state index in [1.807, 2.05) is 103 Å². The largest absolute Gasteiger partial charge is 0.388 e. The predicted molar refractivity (Wildman–Crippen MR) is 122 cm³/mol. The fraction of sp³-hybridized carbons (Fsp3) is 0.259. The third-order valence-corrected chi connectivity index (χ3v) is 4.72. The Labute approximate surface area is 184 Å². The minimum atomic E-state index is -0.780. The molecule has 0 spiro atoms. The lowest BCUT2D eigenvalue weighted by Gasteiger charge is -2.21. The van der Waals surface area contributed by atoms with E-state index in [9.17, 15) is 5.11 Å². The lowest BCUT2D eigenvalue weighted by atomic mass is 10.2. The first kappa shape index (κ1) is 22.9. The Hall–Kier alpha value is -2.76. The molecule has 0 aliphatic heterocycles. The van der Waals surface area contributed by atoms with Crippen LogP contribution in [0, 0.1) is 0 Å². The summed E-state index contributed by atoms with van der Waals surface area (Å²) in [4.78, 5) is 0. The number of aliphatic hydroxyl groups excluding tert-OH is 1. The second-order valence-electron chi connectivity index (χ2n) is 7.26. The van der Waals surface area contributed by atoms with Gasteiger partial charge in [0, 0.05) is 0 Å². The Morgan fingerprint density at radius 3 is 1.68 bits per heavy atom. The van der Waals surface area contributed by atoms with Crippen LogP contribution in [0.15, 0.2) is 103 Å². The summed E-state index contributed by atoms with van der Waals surface area (Å²) in [7, 11) is 0. The molecule has 0 saturated heterocycles. The Morgan fingerprint density at radius 2 is 1.13 bits per heavy atom. The lowest BCUT2D eigenvalue weighted by Crippen LogP contribution is -2.31. The van der Waals surface area contributed by atoms with Crippen molar-refractivity contribution >= 4 is 0 Å². The topological polar surface area (TPSA) is 47.9 Å². The molecule has 31 heavy (non-hydrogen) atoms. The molecule has 0 fully saturated rings. The van der Waals surface area contributed by atoms with Crippen molar-refractivity contribution in [3.8, 4) is 0 Å². The monoisotopic (exact) mass is 418 g/mol. The van der Waals surface area contributed by atoms with Crippen LogP contribution in [0.2, 0.25) is 0 Å². The van der Waals surface area contributed by atoms with E-state index in [-0.39, 0.29) is 6.61 Å². The molecule has 0 saturated carbocycles. The highest BCUT2D eigenvalue weighted by Crippen LogP contribution is 2.10. The molecule has 2 atom stereocenters. The summed E-state index contributed by atoms with van der Waals surface area (Å²) in [6.45, 7) is 2.04. The van der Waals surface area contributed by atoms with Gasteiger partial charge in [0.05, 0.1) is 33.0 Å². The van der Waals surface area contributed by atoms with Gasteiger partial charge in [-0.05, 0) is 16.7 Å². The predicted octanol–water partition coefficient (Wildman–Crippen LogP) is 4.92. The Bertz CT molecular complexity index is 866. The van der Waals surface area contributed by atoms with E-state index in [1.165, 1.54) is 0 Å². The summed E-state index contributed by atoms with van der Waals surface area (Å²) in [6, 6.07) is 29.9. The number of benzene rings is 3. The smallest absolute Gasteiger partial charge is 0.107 e. The fourth-order valence-electron chi connectivity index (χ4n) is 3.04. The van der Waals surface area contributed by atoms with Gasteiger partial charge in [0.15, 0.2) is 0 Å². The molecule has 0 unspecified atom stereocenters. The summed E-state index contributed by atoms with van der Waals surface area (Å²) in [5.41, 5.74) is 3.25.